The third-order valence-electron chi connectivity index (χ3n) is 4.72. The number of benzene rings is 1. The lowest BCUT2D eigenvalue weighted by Gasteiger charge is -2.37. The zero-order valence-corrected chi connectivity index (χ0v) is 15.6. The number of furan rings is 1. The van der Waals surface area contributed by atoms with Gasteiger partial charge in [0.15, 0.2) is 5.76 Å². The number of rotatable bonds is 4. The van der Waals surface area contributed by atoms with E-state index in [-0.39, 0.29) is 17.9 Å². The van der Waals surface area contributed by atoms with Gasteiger partial charge in [-0.1, -0.05) is 17.7 Å². The molecule has 1 aliphatic heterocycles. The van der Waals surface area contributed by atoms with Crippen LogP contribution in [0.25, 0.3) is 0 Å². The van der Waals surface area contributed by atoms with Crippen molar-refractivity contribution in [1.29, 1.82) is 0 Å². The SMILES string of the molecule is Cc1ccc(Cl)cc1NC(=O)[C@@H](C)N1CCN(C(=O)c2ccco2)CC1. The Kier molecular flexibility index (Phi) is 5.64. The topological polar surface area (TPSA) is 65.8 Å². The predicted octanol–water partition coefficient (Wildman–Crippen LogP) is 3.03. The van der Waals surface area contributed by atoms with Gasteiger partial charge in [0.2, 0.25) is 5.91 Å². The molecule has 3 rings (SSSR count). The van der Waals surface area contributed by atoms with Crippen LogP contribution in [0.4, 0.5) is 5.69 Å². The lowest BCUT2D eigenvalue weighted by atomic mass is 10.1. The van der Waals surface area contributed by atoms with Gasteiger partial charge in [0.05, 0.1) is 12.3 Å². The highest BCUT2D eigenvalue weighted by Gasteiger charge is 2.28. The van der Waals surface area contributed by atoms with Gasteiger partial charge in [0.1, 0.15) is 0 Å². The number of carbonyl (C=O) groups is 2. The van der Waals surface area contributed by atoms with Gasteiger partial charge in [0.25, 0.3) is 5.91 Å². The molecule has 1 aliphatic rings. The van der Waals surface area contributed by atoms with Crippen molar-refractivity contribution in [3.63, 3.8) is 0 Å². The number of nitrogens with zero attached hydrogens (tertiary/aromatic N) is 2. The maximum Gasteiger partial charge on any atom is 0.289 e. The molecular formula is C19H22ClN3O3. The van der Waals surface area contributed by atoms with Crippen LogP contribution in [-0.4, -0.2) is 53.8 Å². The van der Waals surface area contributed by atoms with E-state index in [1.807, 2.05) is 19.9 Å². The Morgan fingerprint density at radius 3 is 2.58 bits per heavy atom. The Balaban J connectivity index is 1.56. The first-order valence-electron chi connectivity index (χ1n) is 8.59. The van der Waals surface area contributed by atoms with Crippen LogP contribution in [0.15, 0.2) is 41.0 Å². The van der Waals surface area contributed by atoms with Gasteiger partial charge in [-0.3, -0.25) is 14.5 Å². The molecule has 1 aromatic heterocycles. The molecule has 2 aromatic rings. The molecular weight excluding hydrogens is 354 g/mol. The molecule has 0 saturated carbocycles. The maximum atomic E-state index is 12.6. The van der Waals surface area contributed by atoms with Crippen LogP contribution in [0.2, 0.25) is 5.02 Å². The van der Waals surface area contributed by atoms with Gasteiger partial charge in [-0.15, -0.1) is 0 Å². The Bertz CT molecular complexity index is 783. The van der Waals surface area contributed by atoms with Crippen LogP contribution in [0.3, 0.4) is 0 Å². The van der Waals surface area contributed by atoms with Gasteiger partial charge in [-0.2, -0.15) is 0 Å². The molecule has 2 heterocycles. The molecule has 0 spiro atoms. The first-order valence-corrected chi connectivity index (χ1v) is 8.97. The van der Waals surface area contributed by atoms with Gasteiger partial charge in [-0.25, -0.2) is 0 Å². The normalized spacial score (nSPS) is 16.3. The summed E-state index contributed by atoms with van der Waals surface area (Å²) in [4.78, 5) is 28.7. The largest absolute Gasteiger partial charge is 0.459 e. The predicted molar refractivity (Wildman–Crippen MR) is 100 cm³/mol. The minimum atomic E-state index is -0.297. The van der Waals surface area contributed by atoms with E-state index in [4.69, 9.17) is 16.0 Å². The highest BCUT2D eigenvalue weighted by atomic mass is 35.5. The van der Waals surface area contributed by atoms with Crippen molar-refractivity contribution in [3.05, 3.63) is 52.9 Å². The quantitative estimate of drug-likeness (QED) is 0.892. The number of halogens is 1. The highest BCUT2D eigenvalue weighted by molar-refractivity contribution is 6.31. The fourth-order valence-electron chi connectivity index (χ4n) is 3.00. The lowest BCUT2D eigenvalue weighted by Crippen LogP contribution is -2.54. The zero-order chi connectivity index (χ0) is 18.7. The first-order chi connectivity index (χ1) is 12.5. The Morgan fingerprint density at radius 1 is 1.19 bits per heavy atom. The third-order valence-corrected chi connectivity index (χ3v) is 4.95. The molecule has 1 fully saturated rings. The maximum absolute atomic E-state index is 12.6. The number of hydrogen-bond donors (Lipinski definition) is 1. The van der Waals surface area contributed by atoms with Gasteiger partial charge in [0, 0.05) is 36.9 Å². The van der Waals surface area contributed by atoms with Gasteiger partial charge in [-0.05, 0) is 43.7 Å². The van der Waals surface area contributed by atoms with Crippen molar-refractivity contribution in [2.45, 2.75) is 19.9 Å². The second kappa shape index (κ2) is 7.93. The highest BCUT2D eigenvalue weighted by Crippen LogP contribution is 2.21. The molecule has 6 nitrogen and oxygen atoms in total. The number of amides is 2. The van der Waals surface area contributed by atoms with Crippen LogP contribution in [0.5, 0.6) is 0 Å². The number of nitrogens with one attached hydrogen (secondary N) is 1. The van der Waals surface area contributed by atoms with Crippen LogP contribution in [0.1, 0.15) is 23.0 Å². The monoisotopic (exact) mass is 375 g/mol. The molecule has 2 amide bonds. The van der Waals surface area contributed by atoms with Crippen molar-refractivity contribution >= 4 is 29.1 Å². The van der Waals surface area contributed by atoms with Crippen LogP contribution in [-0.2, 0) is 4.79 Å². The fourth-order valence-corrected chi connectivity index (χ4v) is 3.17. The molecule has 26 heavy (non-hydrogen) atoms. The number of anilines is 1. The Morgan fingerprint density at radius 2 is 1.92 bits per heavy atom. The minimum Gasteiger partial charge on any atom is -0.459 e. The summed E-state index contributed by atoms with van der Waals surface area (Å²) in [5.41, 5.74) is 1.68. The van der Waals surface area contributed by atoms with Crippen molar-refractivity contribution in [1.82, 2.24) is 9.80 Å². The third kappa shape index (κ3) is 4.08. The van der Waals surface area contributed by atoms with Gasteiger partial charge >= 0.3 is 0 Å². The summed E-state index contributed by atoms with van der Waals surface area (Å²) < 4.78 is 5.17. The number of aryl methyl sites for hydroxylation is 1. The minimum absolute atomic E-state index is 0.0822. The molecule has 0 unspecified atom stereocenters. The van der Waals surface area contributed by atoms with Crippen molar-refractivity contribution in [3.8, 4) is 0 Å². The number of carbonyl (C=O) groups excluding carboxylic acids is 2. The Hall–Kier alpha value is -2.31. The summed E-state index contributed by atoms with van der Waals surface area (Å²) in [5.74, 6) is 0.156. The van der Waals surface area contributed by atoms with E-state index in [9.17, 15) is 9.59 Å². The van der Waals surface area contributed by atoms with Crippen LogP contribution in [0, 0.1) is 6.92 Å². The molecule has 0 aliphatic carbocycles. The summed E-state index contributed by atoms with van der Waals surface area (Å²) in [5, 5.41) is 3.53. The molecule has 1 saturated heterocycles. The summed E-state index contributed by atoms with van der Waals surface area (Å²) in [6.45, 7) is 6.20. The second-order valence-electron chi connectivity index (χ2n) is 6.43. The van der Waals surface area contributed by atoms with Gasteiger partial charge < -0.3 is 14.6 Å². The number of hydrogen-bond acceptors (Lipinski definition) is 4. The van der Waals surface area contributed by atoms with Crippen molar-refractivity contribution in [2.75, 3.05) is 31.5 Å². The summed E-state index contributed by atoms with van der Waals surface area (Å²) in [6, 6.07) is 8.49. The second-order valence-corrected chi connectivity index (χ2v) is 6.87. The zero-order valence-electron chi connectivity index (χ0n) is 14.9. The van der Waals surface area contributed by atoms with Crippen LogP contribution >= 0.6 is 11.6 Å². The molecule has 0 bridgehead atoms. The molecule has 138 valence electrons. The fraction of sp³-hybridized carbons (Fsp3) is 0.368. The van der Waals surface area contributed by atoms with E-state index >= 15 is 0 Å². The van der Waals surface area contributed by atoms with Crippen molar-refractivity contribution < 1.29 is 14.0 Å². The van der Waals surface area contributed by atoms with Crippen LogP contribution < -0.4 is 5.32 Å². The average molecular weight is 376 g/mol. The van der Waals surface area contributed by atoms with E-state index in [0.717, 1.165) is 11.3 Å². The molecule has 7 heteroatoms. The standard InChI is InChI=1S/C19H22ClN3O3/c1-13-5-6-15(20)12-16(13)21-18(24)14(2)22-7-9-23(10-8-22)19(25)17-4-3-11-26-17/h3-6,11-12,14H,7-10H2,1-2H3,(H,21,24)/t14-/m1/s1. The Labute approximate surface area is 157 Å². The summed E-state index contributed by atoms with van der Waals surface area (Å²) in [6.07, 6.45) is 1.49. The number of piperazine rings is 1. The molecule has 0 radical (unpaired) electrons. The summed E-state index contributed by atoms with van der Waals surface area (Å²) >= 11 is 6.01. The smallest absolute Gasteiger partial charge is 0.289 e. The molecule has 1 aromatic carbocycles. The van der Waals surface area contributed by atoms with E-state index in [0.29, 0.717) is 37.0 Å². The van der Waals surface area contributed by atoms with E-state index in [1.165, 1.54) is 6.26 Å². The van der Waals surface area contributed by atoms with E-state index in [1.54, 1.807) is 29.2 Å². The van der Waals surface area contributed by atoms with Crippen molar-refractivity contribution in [2.24, 2.45) is 0 Å². The molecule has 1 atom stereocenters. The molecule has 1 N–H and O–H groups in total. The lowest BCUT2D eigenvalue weighted by molar-refractivity contribution is -0.121. The first kappa shape index (κ1) is 18.5. The average Bonchev–Trinajstić information content (AvgIpc) is 3.18. The summed E-state index contributed by atoms with van der Waals surface area (Å²) in [7, 11) is 0. The van der Waals surface area contributed by atoms with E-state index < -0.39 is 0 Å². The van der Waals surface area contributed by atoms with E-state index in [2.05, 4.69) is 10.2 Å².